The highest BCUT2D eigenvalue weighted by atomic mass is 19.3. The van der Waals surface area contributed by atoms with Crippen LogP contribution in [0.2, 0.25) is 0 Å². The van der Waals surface area contributed by atoms with Gasteiger partial charge in [0, 0.05) is 12.5 Å². The van der Waals surface area contributed by atoms with E-state index < -0.39 is 12.0 Å². The number of hydrogen-bond donors (Lipinski definition) is 2. The highest BCUT2D eigenvalue weighted by molar-refractivity contribution is 4.93. The van der Waals surface area contributed by atoms with Gasteiger partial charge in [0.1, 0.15) is 5.60 Å². The maximum atomic E-state index is 12.5. The Hall–Kier alpha value is -0.220. The van der Waals surface area contributed by atoms with Crippen LogP contribution in [-0.2, 0) is 0 Å². The lowest BCUT2D eigenvalue weighted by Crippen LogP contribution is -2.54. The Morgan fingerprint density at radius 3 is 2.75 bits per heavy atom. The molecule has 0 bridgehead atoms. The topological polar surface area (TPSA) is 32.3 Å². The number of piperidine rings is 1. The van der Waals surface area contributed by atoms with Gasteiger partial charge in [-0.1, -0.05) is 6.92 Å². The van der Waals surface area contributed by atoms with Crippen LogP contribution in [0.4, 0.5) is 8.78 Å². The fourth-order valence-electron chi connectivity index (χ4n) is 1.73. The first-order valence-corrected chi connectivity index (χ1v) is 4.32. The predicted molar refractivity (Wildman–Crippen MR) is 42.2 cm³/mol. The van der Waals surface area contributed by atoms with Crippen molar-refractivity contribution in [1.29, 1.82) is 0 Å². The van der Waals surface area contributed by atoms with Crippen molar-refractivity contribution in [2.75, 3.05) is 13.1 Å². The zero-order valence-electron chi connectivity index (χ0n) is 7.19. The molecule has 2 nitrogen and oxygen atoms in total. The minimum atomic E-state index is -2.62. The van der Waals surface area contributed by atoms with Gasteiger partial charge in [0.25, 0.3) is 6.43 Å². The van der Waals surface area contributed by atoms with Crippen LogP contribution in [0.5, 0.6) is 0 Å². The van der Waals surface area contributed by atoms with E-state index in [9.17, 15) is 13.9 Å². The van der Waals surface area contributed by atoms with Crippen LogP contribution in [0, 0.1) is 5.92 Å². The SMILES string of the molecule is CCC1CNCCC1(O)C(F)F. The van der Waals surface area contributed by atoms with Crippen LogP contribution < -0.4 is 5.32 Å². The second-order valence-electron chi connectivity index (χ2n) is 3.35. The summed E-state index contributed by atoms with van der Waals surface area (Å²) < 4.78 is 24.9. The highest BCUT2D eigenvalue weighted by Gasteiger charge is 2.45. The van der Waals surface area contributed by atoms with E-state index in [2.05, 4.69) is 5.32 Å². The summed E-state index contributed by atoms with van der Waals surface area (Å²) in [5.41, 5.74) is -1.75. The fraction of sp³-hybridized carbons (Fsp3) is 1.00. The molecule has 1 heterocycles. The van der Waals surface area contributed by atoms with Gasteiger partial charge in [-0.15, -0.1) is 0 Å². The molecule has 1 saturated heterocycles. The second kappa shape index (κ2) is 3.66. The third-order valence-electron chi connectivity index (χ3n) is 2.67. The van der Waals surface area contributed by atoms with E-state index in [0.717, 1.165) is 0 Å². The lowest BCUT2D eigenvalue weighted by molar-refractivity contribution is -0.146. The lowest BCUT2D eigenvalue weighted by Gasteiger charge is -2.39. The first-order valence-electron chi connectivity index (χ1n) is 4.32. The zero-order chi connectivity index (χ0) is 9.19. The predicted octanol–water partition coefficient (Wildman–Crippen LogP) is 1.00. The normalized spacial score (nSPS) is 37.2. The number of hydrogen-bond acceptors (Lipinski definition) is 2. The van der Waals surface area contributed by atoms with Crippen LogP contribution in [0.25, 0.3) is 0 Å². The van der Waals surface area contributed by atoms with Crippen molar-refractivity contribution in [2.45, 2.75) is 31.8 Å². The summed E-state index contributed by atoms with van der Waals surface area (Å²) in [6.45, 7) is 2.81. The standard InChI is InChI=1S/C8H15F2NO/c1-2-6-5-11-4-3-8(6,12)7(9)10/h6-7,11-12H,2-5H2,1H3. The quantitative estimate of drug-likeness (QED) is 0.663. The van der Waals surface area contributed by atoms with Gasteiger partial charge in [-0.3, -0.25) is 0 Å². The molecule has 0 spiro atoms. The molecule has 1 aliphatic heterocycles. The molecule has 1 aliphatic rings. The van der Waals surface area contributed by atoms with E-state index in [-0.39, 0.29) is 12.3 Å². The third-order valence-corrected chi connectivity index (χ3v) is 2.67. The number of rotatable bonds is 2. The number of halogens is 2. The maximum absolute atomic E-state index is 12.5. The Kier molecular flexibility index (Phi) is 3.01. The summed E-state index contributed by atoms with van der Waals surface area (Å²) in [4.78, 5) is 0. The molecule has 1 fully saturated rings. The van der Waals surface area contributed by atoms with Gasteiger partial charge >= 0.3 is 0 Å². The Bertz CT molecular complexity index is 154. The van der Waals surface area contributed by atoms with Crippen molar-refractivity contribution in [3.63, 3.8) is 0 Å². The summed E-state index contributed by atoms with van der Waals surface area (Å²) in [6, 6.07) is 0. The molecule has 0 aromatic heterocycles. The minimum Gasteiger partial charge on any atom is -0.384 e. The Morgan fingerprint density at radius 1 is 1.67 bits per heavy atom. The molecule has 4 heteroatoms. The molecule has 0 aromatic rings. The van der Waals surface area contributed by atoms with Crippen LogP contribution in [0.1, 0.15) is 19.8 Å². The van der Waals surface area contributed by atoms with Crippen molar-refractivity contribution < 1.29 is 13.9 Å². The van der Waals surface area contributed by atoms with E-state index in [1.54, 1.807) is 0 Å². The van der Waals surface area contributed by atoms with Crippen molar-refractivity contribution in [2.24, 2.45) is 5.92 Å². The first kappa shape index (κ1) is 9.86. The highest BCUT2D eigenvalue weighted by Crippen LogP contribution is 2.32. The Morgan fingerprint density at radius 2 is 2.33 bits per heavy atom. The van der Waals surface area contributed by atoms with Crippen LogP contribution in [0.3, 0.4) is 0 Å². The summed E-state index contributed by atoms with van der Waals surface area (Å²) >= 11 is 0. The molecule has 0 aromatic carbocycles. The van der Waals surface area contributed by atoms with Crippen LogP contribution >= 0.6 is 0 Å². The Labute approximate surface area is 71.0 Å². The van der Waals surface area contributed by atoms with E-state index in [0.29, 0.717) is 19.5 Å². The van der Waals surface area contributed by atoms with E-state index in [1.165, 1.54) is 0 Å². The molecule has 0 amide bonds. The molecule has 2 unspecified atom stereocenters. The van der Waals surface area contributed by atoms with E-state index in [1.807, 2.05) is 6.92 Å². The summed E-state index contributed by atoms with van der Waals surface area (Å²) in [6.07, 6.45) is -1.87. The molecular weight excluding hydrogens is 164 g/mol. The average Bonchev–Trinajstić information content (AvgIpc) is 2.05. The van der Waals surface area contributed by atoms with Gasteiger partial charge in [0.2, 0.25) is 0 Å². The summed E-state index contributed by atoms with van der Waals surface area (Å²) in [5.74, 6) is -0.314. The Balaban J connectivity index is 2.68. The fourth-order valence-corrected chi connectivity index (χ4v) is 1.73. The van der Waals surface area contributed by atoms with Crippen molar-refractivity contribution in [3.8, 4) is 0 Å². The van der Waals surface area contributed by atoms with Gasteiger partial charge < -0.3 is 10.4 Å². The van der Waals surface area contributed by atoms with Crippen molar-refractivity contribution in [1.82, 2.24) is 5.32 Å². The van der Waals surface area contributed by atoms with Crippen molar-refractivity contribution in [3.05, 3.63) is 0 Å². The largest absolute Gasteiger partial charge is 0.384 e. The number of aliphatic hydroxyl groups is 1. The molecule has 0 radical (unpaired) electrons. The van der Waals surface area contributed by atoms with Gasteiger partial charge in [-0.05, 0) is 19.4 Å². The molecule has 2 atom stereocenters. The first-order chi connectivity index (χ1) is 5.61. The van der Waals surface area contributed by atoms with Gasteiger partial charge in [-0.25, -0.2) is 8.78 Å². The van der Waals surface area contributed by atoms with Gasteiger partial charge in [0.15, 0.2) is 0 Å². The molecule has 2 N–H and O–H groups in total. The monoisotopic (exact) mass is 179 g/mol. The smallest absolute Gasteiger partial charge is 0.267 e. The molecule has 72 valence electrons. The van der Waals surface area contributed by atoms with Gasteiger partial charge in [-0.2, -0.15) is 0 Å². The molecule has 0 saturated carbocycles. The molecule has 12 heavy (non-hydrogen) atoms. The van der Waals surface area contributed by atoms with E-state index in [4.69, 9.17) is 0 Å². The lowest BCUT2D eigenvalue weighted by atomic mass is 9.80. The third kappa shape index (κ3) is 1.59. The average molecular weight is 179 g/mol. The molecular formula is C8H15F2NO. The summed E-state index contributed by atoms with van der Waals surface area (Å²) in [5, 5.41) is 12.6. The summed E-state index contributed by atoms with van der Waals surface area (Å²) in [7, 11) is 0. The zero-order valence-corrected chi connectivity index (χ0v) is 7.19. The van der Waals surface area contributed by atoms with Gasteiger partial charge in [0.05, 0.1) is 0 Å². The number of nitrogens with one attached hydrogen (secondary N) is 1. The van der Waals surface area contributed by atoms with Crippen LogP contribution in [0.15, 0.2) is 0 Å². The second-order valence-corrected chi connectivity index (χ2v) is 3.35. The minimum absolute atomic E-state index is 0.156. The van der Waals surface area contributed by atoms with Crippen LogP contribution in [-0.4, -0.2) is 30.2 Å². The maximum Gasteiger partial charge on any atom is 0.267 e. The van der Waals surface area contributed by atoms with Crippen molar-refractivity contribution >= 4 is 0 Å². The molecule has 1 rings (SSSR count). The van der Waals surface area contributed by atoms with E-state index >= 15 is 0 Å². The number of alkyl halides is 2. The molecule has 0 aliphatic carbocycles.